The van der Waals surface area contributed by atoms with Gasteiger partial charge in [0, 0.05) is 17.7 Å². The fourth-order valence-corrected chi connectivity index (χ4v) is 3.53. The van der Waals surface area contributed by atoms with E-state index in [-0.39, 0.29) is 5.88 Å². The third-order valence-corrected chi connectivity index (χ3v) is 5.14. The van der Waals surface area contributed by atoms with Crippen molar-refractivity contribution >= 4 is 11.6 Å². The summed E-state index contributed by atoms with van der Waals surface area (Å²) in [4.78, 5) is 4.13. The van der Waals surface area contributed by atoms with Crippen LogP contribution in [0.3, 0.4) is 0 Å². The molecule has 0 fully saturated rings. The number of nitrogens with zero attached hydrogens (tertiary/aromatic N) is 1. The van der Waals surface area contributed by atoms with Crippen molar-refractivity contribution in [3.63, 3.8) is 0 Å². The molecule has 0 spiro atoms. The van der Waals surface area contributed by atoms with Crippen molar-refractivity contribution in [3.05, 3.63) is 82.8 Å². The number of hydrogen-bond acceptors (Lipinski definition) is 5. The molecule has 1 N–H and O–H groups in total. The molecule has 1 heterocycles. The molecule has 0 saturated carbocycles. The number of pyridine rings is 1. The summed E-state index contributed by atoms with van der Waals surface area (Å²) in [6.07, 6.45) is 1.13. The molecule has 158 valence electrons. The summed E-state index contributed by atoms with van der Waals surface area (Å²) in [5.74, 6) is 1.37. The zero-order chi connectivity index (χ0) is 21.5. The zero-order valence-corrected chi connectivity index (χ0v) is 17.9. The molecule has 3 aromatic rings. The van der Waals surface area contributed by atoms with E-state index in [4.69, 9.17) is 25.8 Å². The molecule has 0 aliphatic rings. The zero-order valence-electron chi connectivity index (χ0n) is 17.1. The van der Waals surface area contributed by atoms with Gasteiger partial charge in [0.15, 0.2) is 0 Å². The topological polar surface area (TPSA) is 52.6 Å². The Morgan fingerprint density at radius 1 is 0.933 bits per heavy atom. The van der Waals surface area contributed by atoms with Crippen LogP contribution in [0.25, 0.3) is 0 Å². The average molecular weight is 431 g/mol. The predicted molar refractivity (Wildman–Crippen MR) is 115 cm³/mol. The molecule has 0 aliphatic carbocycles. The molecule has 7 heteroatoms. The number of benzene rings is 2. The van der Waals surface area contributed by atoms with Crippen LogP contribution in [0.4, 0.5) is 4.39 Å². The monoisotopic (exact) mass is 430 g/mol. The first-order valence-electron chi connectivity index (χ1n) is 9.38. The number of rotatable bonds is 9. The van der Waals surface area contributed by atoms with Crippen LogP contribution in [0, 0.1) is 5.82 Å². The largest absolute Gasteiger partial charge is 0.497 e. The predicted octanol–water partition coefficient (Wildman–Crippen LogP) is 4.86. The number of aromatic nitrogens is 1. The second-order valence-electron chi connectivity index (χ2n) is 6.58. The van der Waals surface area contributed by atoms with Gasteiger partial charge in [-0.2, -0.15) is 0 Å². The summed E-state index contributed by atoms with van der Waals surface area (Å²) >= 11 is 6.11. The maximum Gasteiger partial charge on any atom is 0.218 e. The summed E-state index contributed by atoms with van der Waals surface area (Å²) in [6, 6.07) is 14.9. The van der Waals surface area contributed by atoms with Crippen LogP contribution in [0.15, 0.2) is 54.7 Å². The third kappa shape index (κ3) is 4.83. The van der Waals surface area contributed by atoms with Gasteiger partial charge in [0.05, 0.1) is 39.4 Å². The normalized spacial score (nSPS) is 11.8. The van der Waals surface area contributed by atoms with Crippen molar-refractivity contribution in [1.82, 2.24) is 10.3 Å². The summed E-state index contributed by atoms with van der Waals surface area (Å²) in [5.41, 5.74) is 2.88. The van der Waals surface area contributed by atoms with Gasteiger partial charge in [-0.25, -0.2) is 9.37 Å². The van der Waals surface area contributed by atoms with Gasteiger partial charge in [-0.1, -0.05) is 24.3 Å². The van der Waals surface area contributed by atoms with E-state index < -0.39 is 11.9 Å². The molecule has 1 unspecified atom stereocenters. The lowest BCUT2D eigenvalue weighted by Crippen LogP contribution is -2.24. The van der Waals surface area contributed by atoms with Gasteiger partial charge in [0.1, 0.15) is 17.3 Å². The highest BCUT2D eigenvalue weighted by atomic mass is 35.5. The first-order valence-corrected chi connectivity index (χ1v) is 9.92. The highest BCUT2D eigenvalue weighted by Gasteiger charge is 2.25. The first-order chi connectivity index (χ1) is 14.6. The van der Waals surface area contributed by atoms with Gasteiger partial charge in [0.25, 0.3) is 0 Å². The Bertz CT molecular complexity index is 965. The Hall–Kier alpha value is -2.83. The quantitative estimate of drug-likeness (QED) is 0.491. The van der Waals surface area contributed by atoms with Gasteiger partial charge in [-0.15, -0.1) is 11.6 Å². The minimum atomic E-state index is -0.467. The Labute approximate surface area is 180 Å². The van der Waals surface area contributed by atoms with Gasteiger partial charge in [0.2, 0.25) is 5.88 Å². The lowest BCUT2D eigenvalue weighted by molar-refractivity contribution is 0.382. The Balaban J connectivity index is 2.02. The molecule has 0 aliphatic heterocycles. The lowest BCUT2D eigenvalue weighted by Gasteiger charge is -2.24. The highest BCUT2D eigenvalue weighted by molar-refractivity contribution is 6.17. The highest BCUT2D eigenvalue weighted by Crippen LogP contribution is 2.34. The molecule has 0 amide bonds. The van der Waals surface area contributed by atoms with Crippen LogP contribution < -0.4 is 19.5 Å². The van der Waals surface area contributed by atoms with Crippen LogP contribution in [0.1, 0.15) is 28.3 Å². The van der Waals surface area contributed by atoms with E-state index in [1.807, 2.05) is 48.5 Å². The molecule has 30 heavy (non-hydrogen) atoms. The molecule has 2 aromatic carbocycles. The van der Waals surface area contributed by atoms with E-state index in [0.717, 1.165) is 28.8 Å². The van der Waals surface area contributed by atoms with Gasteiger partial charge in [-0.05, 0) is 35.4 Å². The average Bonchev–Trinajstić information content (AvgIpc) is 2.80. The van der Waals surface area contributed by atoms with Crippen molar-refractivity contribution in [3.8, 4) is 17.4 Å². The Kier molecular flexibility index (Phi) is 7.49. The molecule has 0 radical (unpaired) electrons. The van der Waals surface area contributed by atoms with Crippen LogP contribution in [-0.4, -0.2) is 26.3 Å². The van der Waals surface area contributed by atoms with E-state index in [1.165, 1.54) is 7.11 Å². The lowest BCUT2D eigenvalue weighted by atomic mass is 9.95. The van der Waals surface area contributed by atoms with Crippen molar-refractivity contribution in [1.29, 1.82) is 0 Å². The standard InChI is InChI=1S/C23H24ClFN2O3/c1-28-17-8-4-15(5-9-17)13-26-22(16-6-10-18(29-2)11-7-16)21-19(12-24)20(25)14-27-23(21)30-3/h4-11,14,22,26H,12-13H2,1-3H3. The maximum atomic E-state index is 14.5. The van der Waals surface area contributed by atoms with Gasteiger partial charge >= 0.3 is 0 Å². The van der Waals surface area contributed by atoms with Crippen LogP contribution in [0.5, 0.6) is 17.4 Å². The Morgan fingerprint density at radius 2 is 1.53 bits per heavy atom. The van der Waals surface area contributed by atoms with Crippen molar-refractivity contribution in [2.75, 3.05) is 21.3 Å². The molecule has 0 bridgehead atoms. The second kappa shape index (κ2) is 10.3. The number of methoxy groups -OCH3 is 3. The minimum absolute atomic E-state index is 0.00306. The van der Waals surface area contributed by atoms with E-state index in [0.29, 0.717) is 23.6 Å². The molecule has 1 atom stereocenters. The third-order valence-electron chi connectivity index (χ3n) is 4.87. The first kappa shape index (κ1) is 21.9. The van der Waals surface area contributed by atoms with E-state index in [2.05, 4.69) is 10.3 Å². The number of nitrogens with one attached hydrogen (secondary N) is 1. The van der Waals surface area contributed by atoms with Crippen molar-refractivity contribution < 1.29 is 18.6 Å². The van der Waals surface area contributed by atoms with Crippen LogP contribution >= 0.6 is 11.6 Å². The van der Waals surface area contributed by atoms with Gasteiger partial charge in [-0.3, -0.25) is 0 Å². The van der Waals surface area contributed by atoms with Crippen molar-refractivity contribution in [2.24, 2.45) is 0 Å². The molecule has 1 aromatic heterocycles. The summed E-state index contributed by atoms with van der Waals surface area (Å²) < 4.78 is 30.5. The van der Waals surface area contributed by atoms with Gasteiger partial charge < -0.3 is 19.5 Å². The minimum Gasteiger partial charge on any atom is -0.497 e. The van der Waals surface area contributed by atoms with E-state index >= 15 is 0 Å². The van der Waals surface area contributed by atoms with Crippen LogP contribution in [-0.2, 0) is 12.4 Å². The number of hydrogen-bond donors (Lipinski definition) is 1. The molecule has 5 nitrogen and oxygen atoms in total. The molecular formula is C23H24ClFN2O3. The summed E-state index contributed by atoms with van der Waals surface area (Å²) in [7, 11) is 4.75. The van der Waals surface area contributed by atoms with E-state index in [1.54, 1.807) is 14.2 Å². The van der Waals surface area contributed by atoms with E-state index in [9.17, 15) is 4.39 Å². The SMILES string of the molecule is COc1ccc(CNC(c2ccc(OC)cc2)c2c(OC)ncc(F)c2CCl)cc1. The number of halogens is 2. The molecule has 0 saturated heterocycles. The smallest absolute Gasteiger partial charge is 0.218 e. The molecular weight excluding hydrogens is 407 g/mol. The van der Waals surface area contributed by atoms with Crippen molar-refractivity contribution in [2.45, 2.75) is 18.5 Å². The summed E-state index contributed by atoms with van der Waals surface area (Å²) in [6.45, 7) is 0.530. The fraction of sp³-hybridized carbons (Fsp3) is 0.261. The van der Waals surface area contributed by atoms with Crippen LogP contribution in [0.2, 0.25) is 0 Å². The maximum absolute atomic E-state index is 14.5. The summed E-state index contributed by atoms with van der Waals surface area (Å²) in [5, 5.41) is 3.49. The number of ether oxygens (including phenoxy) is 3. The fourth-order valence-electron chi connectivity index (χ4n) is 3.26. The Morgan fingerprint density at radius 3 is 2.07 bits per heavy atom. The molecule has 3 rings (SSSR count). The second-order valence-corrected chi connectivity index (χ2v) is 6.84. The number of alkyl halides is 1.